The number of aromatic nitrogens is 3. The number of hydrogen-bond acceptors (Lipinski definition) is 4. The van der Waals surface area contributed by atoms with Crippen LogP contribution >= 0.6 is 0 Å². The number of hydrogen-bond donors (Lipinski definition) is 0. The summed E-state index contributed by atoms with van der Waals surface area (Å²) in [6.45, 7) is 2.84. The Hall–Kier alpha value is -2.17. The van der Waals surface area contributed by atoms with E-state index in [9.17, 15) is 4.79 Å². The van der Waals surface area contributed by atoms with E-state index < -0.39 is 0 Å². The van der Waals surface area contributed by atoms with Gasteiger partial charge in [0.2, 0.25) is 0 Å². The van der Waals surface area contributed by atoms with Crippen LogP contribution in [-0.4, -0.2) is 27.9 Å². The van der Waals surface area contributed by atoms with Crippen LogP contribution in [0.3, 0.4) is 0 Å². The first-order chi connectivity index (χ1) is 8.85. The van der Waals surface area contributed by atoms with Crippen LogP contribution < -0.4 is 4.74 Å². The average Bonchev–Trinajstić information content (AvgIpc) is 2.88. The molecule has 2 aromatic rings. The number of benzene rings is 1. The lowest BCUT2D eigenvalue weighted by molar-refractivity contribution is 0.111. The van der Waals surface area contributed by atoms with Crippen molar-refractivity contribution in [3.63, 3.8) is 0 Å². The number of rotatable bonds is 6. The van der Waals surface area contributed by atoms with Crippen LogP contribution in [0, 0.1) is 0 Å². The highest BCUT2D eigenvalue weighted by atomic mass is 16.5. The third-order valence-corrected chi connectivity index (χ3v) is 2.54. The molecule has 1 heterocycles. The Morgan fingerprint density at radius 2 is 2.11 bits per heavy atom. The van der Waals surface area contributed by atoms with Gasteiger partial charge in [0.25, 0.3) is 0 Å². The summed E-state index contributed by atoms with van der Waals surface area (Å²) >= 11 is 0. The molecule has 0 spiro atoms. The van der Waals surface area contributed by atoms with Crippen LogP contribution in [0.5, 0.6) is 5.75 Å². The van der Waals surface area contributed by atoms with Crippen molar-refractivity contribution in [1.82, 2.24) is 15.0 Å². The lowest BCUT2D eigenvalue weighted by Crippen LogP contribution is -2.02. The predicted molar refractivity (Wildman–Crippen MR) is 67.1 cm³/mol. The first kappa shape index (κ1) is 12.3. The summed E-state index contributed by atoms with van der Waals surface area (Å²) in [6.07, 6.45) is 4.31. The van der Waals surface area contributed by atoms with Crippen molar-refractivity contribution in [3.8, 4) is 11.4 Å². The molecule has 0 aliphatic rings. The highest BCUT2D eigenvalue weighted by Crippen LogP contribution is 2.15. The summed E-state index contributed by atoms with van der Waals surface area (Å²) in [7, 11) is 0. The first-order valence-electron chi connectivity index (χ1n) is 5.94. The van der Waals surface area contributed by atoms with Gasteiger partial charge in [-0.15, -0.1) is 5.10 Å². The van der Waals surface area contributed by atoms with Crippen molar-refractivity contribution in [2.45, 2.75) is 19.8 Å². The Morgan fingerprint density at radius 1 is 1.33 bits per heavy atom. The molecule has 5 heteroatoms. The smallest absolute Gasteiger partial charge is 0.170 e. The molecule has 0 radical (unpaired) electrons. The minimum Gasteiger partial charge on any atom is -0.494 e. The first-order valence-corrected chi connectivity index (χ1v) is 5.94. The molecule has 0 atom stereocenters. The van der Waals surface area contributed by atoms with Crippen LogP contribution in [0.15, 0.2) is 30.5 Å². The fraction of sp³-hybridized carbons (Fsp3) is 0.308. The summed E-state index contributed by atoms with van der Waals surface area (Å²) in [5, 5.41) is 7.56. The lowest BCUT2D eigenvalue weighted by Gasteiger charge is -2.06. The topological polar surface area (TPSA) is 57.0 Å². The zero-order chi connectivity index (χ0) is 12.8. The van der Waals surface area contributed by atoms with Gasteiger partial charge in [-0.2, -0.15) is 0 Å². The molecule has 0 fully saturated rings. The molecule has 18 heavy (non-hydrogen) atoms. The molecule has 0 aliphatic heterocycles. The predicted octanol–water partition coefficient (Wildman–Crippen LogP) is 2.26. The molecule has 0 N–H and O–H groups in total. The molecule has 5 nitrogen and oxygen atoms in total. The maximum Gasteiger partial charge on any atom is 0.170 e. The summed E-state index contributed by atoms with van der Waals surface area (Å²) in [4.78, 5) is 10.8. The van der Waals surface area contributed by atoms with Gasteiger partial charge in [-0.05, 0) is 30.7 Å². The molecular weight excluding hydrogens is 230 g/mol. The Morgan fingerprint density at radius 3 is 2.78 bits per heavy atom. The monoisotopic (exact) mass is 245 g/mol. The van der Waals surface area contributed by atoms with E-state index in [2.05, 4.69) is 17.2 Å². The third kappa shape index (κ3) is 2.74. The second-order valence-electron chi connectivity index (χ2n) is 3.88. The highest BCUT2D eigenvalue weighted by Gasteiger charge is 2.04. The van der Waals surface area contributed by atoms with Crippen LogP contribution in [0.2, 0.25) is 0 Å². The standard InChI is InChI=1S/C13H15N3O2/c1-2-3-8-18-13-6-4-11(5-7-13)16-12(10-17)9-14-15-16/h4-7,9-10H,2-3,8H2,1H3. The Kier molecular flexibility index (Phi) is 4.06. The van der Waals surface area contributed by atoms with Gasteiger partial charge in [0.05, 0.1) is 18.5 Å². The van der Waals surface area contributed by atoms with E-state index in [1.165, 1.54) is 10.9 Å². The second-order valence-corrected chi connectivity index (χ2v) is 3.88. The number of carbonyl (C=O) groups is 1. The Bertz CT molecular complexity index is 505. The molecule has 94 valence electrons. The van der Waals surface area contributed by atoms with Crippen molar-refractivity contribution in [2.75, 3.05) is 6.61 Å². The van der Waals surface area contributed by atoms with E-state index in [1.807, 2.05) is 24.3 Å². The van der Waals surface area contributed by atoms with Gasteiger partial charge in [-0.3, -0.25) is 4.79 Å². The molecule has 0 bridgehead atoms. The van der Waals surface area contributed by atoms with Gasteiger partial charge in [0.15, 0.2) is 6.29 Å². The largest absolute Gasteiger partial charge is 0.494 e. The zero-order valence-corrected chi connectivity index (χ0v) is 10.2. The lowest BCUT2D eigenvalue weighted by atomic mass is 10.3. The second kappa shape index (κ2) is 5.95. The van der Waals surface area contributed by atoms with E-state index in [0.717, 1.165) is 37.2 Å². The summed E-state index contributed by atoms with van der Waals surface area (Å²) in [5.74, 6) is 0.819. The third-order valence-electron chi connectivity index (χ3n) is 2.54. The molecule has 0 unspecified atom stereocenters. The average molecular weight is 245 g/mol. The zero-order valence-electron chi connectivity index (χ0n) is 10.2. The molecular formula is C13H15N3O2. The maximum absolute atomic E-state index is 10.8. The molecule has 0 saturated carbocycles. The molecule has 0 aliphatic carbocycles. The van der Waals surface area contributed by atoms with Crippen molar-refractivity contribution in [1.29, 1.82) is 0 Å². The van der Waals surface area contributed by atoms with Gasteiger partial charge in [0, 0.05) is 0 Å². The van der Waals surface area contributed by atoms with E-state index in [1.54, 1.807) is 0 Å². The molecule has 1 aromatic heterocycles. The Balaban J connectivity index is 2.10. The number of unbranched alkanes of at least 4 members (excludes halogenated alkanes) is 1. The van der Waals surface area contributed by atoms with Crippen molar-refractivity contribution < 1.29 is 9.53 Å². The SMILES string of the molecule is CCCCOc1ccc(-n2nncc2C=O)cc1. The van der Waals surface area contributed by atoms with Gasteiger partial charge < -0.3 is 4.74 Å². The molecule has 0 amide bonds. The number of carbonyl (C=O) groups excluding carboxylic acids is 1. The summed E-state index contributed by atoms with van der Waals surface area (Å²) in [6, 6.07) is 7.43. The fourth-order valence-corrected chi connectivity index (χ4v) is 1.54. The molecule has 2 rings (SSSR count). The van der Waals surface area contributed by atoms with E-state index >= 15 is 0 Å². The van der Waals surface area contributed by atoms with E-state index in [4.69, 9.17) is 4.74 Å². The summed E-state index contributed by atoms with van der Waals surface area (Å²) < 4.78 is 7.05. The van der Waals surface area contributed by atoms with Gasteiger partial charge >= 0.3 is 0 Å². The Labute approximate surface area is 105 Å². The normalized spacial score (nSPS) is 10.3. The van der Waals surface area contributed by atoms with Crippen LogP contribution in [0.25, 0.3) is 5.69 Å². The van der Waals surface area contributed by atoms with Crippen molar-refractivity contribution >= 4 is 6.29 Å². The van der Waals surface area contributed by atoms with Crippen molar-refractivity contribution in [2.24, 2.45) is 0 Å². The molecule has 0 saturated heterocycles. The fourth-order valence-electron chi connectivity index (χ4n) is 1.54. The summed E-state index contributed by atoms with van der Waals surface area (Å²) in [5.41, 5.74) is 1.21. The van der Waals surface area contributed by atoms with Gasteiger partial charge in [-0.25, -0.2) is 4.68 Å². The van der Waals surface area contributed by atoms with Crippen LogP contribution in [-0.2, 0) is 0 Å². The minimum atomic E-state index is 0.426. The number of nitrogens with zero attached hydrogens (tertiary/aromatic N) is 3. The number of aldehydes is 1. The number of ether oxygens (including phenoxy) is 1. The van der Waals surface area contributed by atoms with E-state index in [0.29, 0.717) is 5.69 Å². The van der Waals surface area contributed by atoms with Crippen LogP contribution in [0.4, 0.5) is 0 Å². The van der Waals surface area contributed by atoms with E-state index in [-0.39, 0.29) is 0 Å². The van der Waals surface area contributed by atoms with Gasteiger partial charge in [0.1, 0.15) is 11.4 Å². The van der Waals surface area contributed by atoms with Crippen LogP contribution in [0.1, 0.15) is 30.3 Å². The highest BCUT2D eigenvalue weighted by molar-refractivity contribution is 5.72. The van der Waals surface area contributed by atoms with Gasteiger partial charge in [-0.1, -0.05) is 18.6 Å². The maximum atomic E-state index is 10.8. The molecule has 1 aromatic carbocycles. The minimum absolute atomic E-state index is 0.426. The van der Waals surface area contributed by atoms with Crippen molar-refractivity contribution in [3.05, 3.63) is 36.2 Å². The quantitative estimate of drug-likeness (QED) is 0.578.